The zero-order chi connectivity index (χ0) is 21.6. The molecule has 160 valence electrons. The van der Waals surface area contributed by atoms with Gasteiger partial charge in [-0.25, -0.2) is 9.78 Å². The van der Waals surface area contributed by atoms with Crippen LogP contribution < -0.4 is 4.90 Å². The van der Waals surface area contributed by atoms with Crippen molar-refractivity contribution in [2.24, 2.45) is 0 Å². The summed E-state index contributed by atoms with van der Waals surface area (Å²) in [4.78, 5) is 25.6. The summed E-state index contributed by atoms with van der Waals surface area (Å²) in [5.74, 6) is 0.917. The number of benzene rings is 1. The summed E-state index contributed by atoms with van der Waals surface area (Å²) in [6.45, 7) is 8.38. The number of rotatable bonds is 2. The summed E-state index contributed by atoms with van der Waals surface area (Å²) in [5, 5.41) is 0. The molecule has 0 saturated carbocycles. The fourth-order valence-electron chi connectivity index (χ4n) is 4.29. The number of ether oxygens (including phenoxy) is 1. The van der Waals surface area contributed by atoms with Crippen molar-refractivity contribution >= 4 is 11.9 Å². The van der Waals surface area contributed by atoms with Gasteiger partial charge in [0.15, 0.2) is 0 Å². The lowest BCUT2D eigenvalue weighted by Crippen LogP contribution is -2.50. The van der Waals surface area contributed by atoms with Crippen molar-refractivity contribution in [3.05, 3.63) is 60.3 Å². The molecule has 0 radical (unpaired) electrons. The Labute approximate surface area is 182 Å². The molecule has 3 heterocycles. The van der Waals surface area contributed by atoms with Gasteiger partial charge < -0.3 is 19.1 Å². The first-order chi connectivity index (χ1) is 14.9. The van der Waals surface area contributed by atoms with Crippen LogP contribution in [0.15, 0.2) is 49.1 Å². The van der Waals surface area contributed by atoms with Crippen LogP contribution in [0, 0.1) is 0 Å². The average Bonchev–Trinajstić information content (AvgIpc) is 3.37. The van der Waals surface area contributed by atoms with Crippen molar-refractivity contribution < 1.29 is 9.53 Å². The standard InChI is InChI=1S/C24H27N5O2/c1-24(2,3)31-23(30)28-12-10-27(11-13-28)21-15-29(16-26-21)20-8-9-25-19-14-17-6-4-5-7-18(17)22(19)20/h4-9,15-16H,10-14H2,1-3H3. The zero-order valence-corrected chi connectivity index (χ0v) is 18.2. The lowest BCUT2D eigenvalue weighted by Gasteiger charge is -2.35. The molecule has 2 aromatic heterocycles. The smallest absolute Gasteiger partial charge is 0.410 e. The number of carbonyl (C=O) groups excluding carboxylic acids is 1. The molecule has 1 aliphatic heterocycles. The van der Waals surface area contributed by atoms with E-state index < -0.39 is 5.60 Å². The van der Waals surface area contributed by atoms with Crippen LogP contribution in [0.5, 0.6) is 0 Å². The Morgan fingerprint density at radius 1 is 1.03 bits per heavy atom. The Morgan fingerprint density at radius 3 is 2.58 bits per heavy atom. The largest absolute Gasteiger partial charge is 0.444 e. The van der Waals surface area contributed by atoms with E-state index in [-0.39, 0.29) is 6.09 Å². The number of pyridine rings is 1. The van der Waals surface area contributed by atoms with E-state index in [0.717, 1.165) is 36.7 Å². The maximum atomic E-state index is 12.3. The number of anilines is 1. The van der Waals surface area contributed by atoms with E-state index in [4.69, 9.17) is 4.74 Å². The van der Waals surface area contributed by atoms with Gasteiger partial charge in [-0.1, -0.05) is 24.3 Å². The first kappa shape index (κ1) is 19.6. The van der Waals surface area contributed by atoms with Gasteiger partial charge in [-0.15, -0.1) is 0 Å². The average molecular weight is 418 g/mol. The third kappa shape index (κ3) is 3.76. The highest BCUT2D eigenvalue weighted by atomic mass is 16.6. The molecule has 0 atom stereocenters. The predicted octanol–water partition coefficient (Wildman–Crippen LogP) is 3.90. The second kappa shape index (κ2) is 7.41. The minimum absolute atomic E-state index is 0.247. The molecule has 31 heavy (non-hydrogen) atoms. The Balaban J connectivity index is 1.33. The predicted molar refractivity (Wildman–Crippen MR) is 120 cm³/mol. The van der Waals surface area contributed by atoms with Crippen molar-refractivity contribution in [1.82, 2.24) is 19.4 Å². The highest BCUT2D eigenvalue weighted by Gasteiger charge is 2.27. The van der Waals surface area contributed by atoms with Crippen molar-refractivity contribution in [2.75, 3.05) is 31.1 Å². The van der Waals surface area contributed by atoms with Gasteiger partial charge >= 0.3 is 6.09 Å². The van der Waals surface area contributed by atoms with E-state index in [2.05, 4.69) is 49.9 Å². The molecule has 7 nitrogen and oxygen atoms in total. The number of amides is 1. The monoisotopic (exact) mass is 417 g/mol. The molecular weight excluding hydrogens is 390 g/mol. The molecular formula is C24H27N5O2. The zero-order valence-electron chi connectivity index (χ0n) is 18.2. The Morgan fingerprint density at radius 2 is 1.81 bits per heavy atom. The van der Waals surface area contributed by atoms with Crippen LogP contribution in [0.25, 0.3) is 16.8 Å². The van der Waals surface area contributed by atoms with Crippen LogP contribution in [0.3, 0.4) is 0 Å². The molecule has 0 bridgehead atoms. The van der Waals surface area contributed by atoms with Gasteiger partial charge in [-0.2, -0.15) is 0 Å². The molecule has 5 rings (SSSR count). The third-order valence-corrected chi connectivity index (χ3v) is 5.75. The number of nitrogens with zero attached hydrogens (tertiary/aromatic N) is 5. The first-order valence-corrected chi connectivity index (χ1v) is 10.7. The number of hydrogen-bond acceptors (Lipinski definition) is 5. The van der Waals surface area contributed by atoms with Gasteiger partial charge in [0.05, 0.1) is 17.6 Å². The summed E-state index contributed by atoms with van der Waals surface area (Å²) in [5.41, 5.74) is 5.49. The molecule has 0 N–H and O–H groups in total. The number of hydrogen-bond donors (Lipinski definition) is 0. The van der Waals surface area contributed by atoms with Crippen molar-refractivity contribution in [1.29, 1.82) is 0 Å². The number of piperazine rings is 1. The first-order valence-electron chi connectivity index (χ1n) is 10.7. The summed E-state index contributed by atoms with van der Waals surface area (Å²) in [6.07, 6.45) is 6.43. The van der Waals surface area contributed by atoms with Gasteiger partial charge in [-0.3, -0.25) is 4.98 Å². The Hall–Kier alpha value is -3.35. The van der Waals surface area contributed by atoms with Crippen LogP contribution in [0.2, 0.25) is 0 Å². The van der Waals surface area contributed by atoms with E-state index in [9.17, 15) is 4.79 Å². The van der Waals surface area contributed by atoms with Crippen LogP contribution in [0.1, 0.15) is 32.0 Å². The molecule has 1 fully saturated rings. The van der Waals surface area contributed by atoms with Gasteiger partial charge in [0, 0.05) is 44.4 Å². The van der Waals surface area contributed by atoms with Crippen LogP contribution in [0.4, 0.5) is 10.6 Å². The maximum absolute atomic E-state index is 12.3. The molecule has 0 unspecified atom stereocenters. The van der Waals surface area contributed by atoms with Gasteiger partial charge in [-0.05, 0) is 38.0 Å². The van der Waals surface area contributed by atoms with Gasteiger partial charge in [0.25, 0.3) is 0 Å². The summed E-state index contributed by atoms with van der Waals surface area (Å²) >= 11 is 0. The van der Waals surface area contributed by atoms with E-state index in [0.29, 0.717) is 13.1 Å². The second-order valence-corrected chi connectivity index (χ2v) is 9.08. The molecule has 2 aliphatic rings. The third-order valence-electron chi connectivity index (χ3n) is 5.75. The molecule has 7 heteroatoms. The van der Waals surface area contributed by atoms with Gasteiger partial charge in [0.2, 0.25) is 0 Å². The fraction of sp³-hybridized carbons (Fsp3) is 0.375. The molecule has 3 aromatic rings. The van der Waals surface area contributed by atoms with Crippen LogP contribution >= 0.6 is 0 Å². The lowest BCUT2D eigenvalue weighted by molar-refractivity contribution is 0.0240. The topological polar surface area (TPSA) is 63.5 Å². The van der Waals surface area contributed by atoms with Crippen molar-refractivity contribution in [3.8, 4) is 16.8 Å². The highest BCUT2D eigenvalue weighted by Crippen LogP contribution is 2.39. The van der Waals surface area contributed by atoms with E-state index in [1.165, 1.54) is 16.7 Å². The normalized spacial score (nSPS) is 15.6. The van der Waals surface area contributed by atoms with Crippen LogP contribution in [-0.2, 0) is 11.2 Å². The molecule has 1 aliphatic carbocycles. The fourth-order valence-corrected chi connectivity index (χ4v) is 4.29. The van der Waals surface area contributed by atoms with E-state index >= 15 is 0 Å². The van der Waals surface area contributed by atoms with E-state index in [1.807, 2.05) is 39.4 Å². The highest BCUT2D eigenvalue weighted by molar-refractivity contribution is 5.82. The molecule has 0 spiro atoms. The minimum atomic E-state index is -0.476. The second-order valence-electron chi connectivity index (χ2n) is 9.08. The molecule has 1 amide bonds. The lowest BCUT2D eigenvalue weighted by atomic mass is 10.1. The summed E-state index contributed by atoms with van der Waals surface area (Å²) in [6, 6.07) is 10.5. The number of aromatic nitrogens is 3. The van der Waals surface area contributed by atoms with Crippen molar-refractivity contribution in [2.45, 2.75) is 32.8 Å². The van der Waals surface area contributed by atoms with Gasteiger partial charge in [0.1, 0.15) is 17.7 Å². The Bertz CT molecular complexity index is 1120. The summed E-state index contributed by atoms with van der Waals surface area (Å²) < 4.78 is 7.58. The number of imidazole rings is 1. The minimum Gasteiger partial charge on any atom is -0.444 e. The van der Waals surface area contributed by atoms with Crippen LogP contribution in [-0.4, -0.2) is 57.3 Å². The number of fused-ring (bicyclic) bond motifs is 3. The maximum Gasteiger partial charge on any atom is 0.410 e. The summed E-state index contributed by atoms with van der Waals surface area (Å²) in [7, 11) is 0. The number of carbonyl (C=O) groups is 1. The Kier molecular flexibility index (Phi) is 4.68. The quantitative estimate of drug-likeness (QED) is 0.495. The molecule has 1 aromatic carbocycles. The SMILES string of the molecule is CC(C)(C)OC(=O)N1CCN(c2cn(-c3ccnc4c3-c3ccccc3C4)cn2)CC1. The van der Waals surface area contributed by atoms with E-state index in [1.54, 1.807) is 4.90 Å². The molecule has 1 saturated heterocycles. The van der Waals surface area contributed by atoms with Crippen molar-refractivity contribution in [3.63, 3.8) is 0 Å².